The first-order chi connectivity index (χ1) is 9.74. The molecule has 1 fully saturated rings. The number of thioether (sulfide) groups is 1. The number of benzene rings is 1. The van der Waals surface area contributed by atoms with Gasteiger partial charge in [0, 0.05) is 29.6 Å². The van der Waals surface area contributed by atoms with Crippen LogP contribution in [0.25, 0.3) is 0 Å². The number of aryl methyl sites for hydroxylation is 1. The molecule has 0 atom stereocenters. The summed E-state index contributed by atoms with van der Waals surface area (Å²) in [6.07, 6.45) is 2.54. The van der Waals surface area contributed by atoms with Crippen LogP contribution in [-0.2, 0) is 5.75 Å². The van der Waals surface area contributed by atoms with E-state index in [9.17, 15) is 0 Å². The van der Waals surface area contributed by atoms with Gasteiger partial charge in [0.15, 0.2) is 0 Å². The highest BCUT2D eigenvalue weighted by atomic mass is 32.2. The van der Waals surface area contributed by atoms with Gasteiger partial charge >= 0.3 is 0 Å². The van der Waals surface area contributed by atoms with E-state index in [1.54, 1.807) is 11.8 Å². The van der Waals surface area contributed by atoms with Crippen LogP contribution in [0.4, 0.5) is 5.82 Å². The molecule has 3 rings (SSSR count). The van der Waals surface area contributed by atoms with E-state index < -0.39 is 0 Å². The van der Waals surface area contributed by atoms with E-state index in [4.69, 9.17) is 4.98 Å². The summed E-state index contributed by atoms with van der Waals surface area (Å²) >= 11 is 1.79. The topological polar surface area (TPSA) is 37.8 Å². The molecule has 3 nitrogen and oxygen atoms in total. The number of anilines is 1. The molecule has 0 bridgehead atoms. The van der Waals surface area contributed by atoms with Crippen molar-refractivity contribution in [2.75, 3.05) is 12.4 Å². The molecule has 20 heavy (non-hydrogen) atoms. The first-order valence-corrected chi connectivity index (χ1v) is 7.98. The van der Waals surface area contributed by atoms with Gasteiger partial charge in [-0.05, 0) is 31.9 Å². The fraction of sp³-hybridized carbons (Fsp3) is 0.375. The summed E-state index contributed by atoms with van der Waals surface area (Å²) in [5.74, 6) is 3.33. The average Bonchev–Trinajstić information content (AvgIpc) is 3.31. The molecular weight excluding hydrogens is 266 g/mol. The van der Waals surface area contributed by atoms with Gasteiger partial charge in [0.2, 0.25) is 0 Å². The van der Waals surface area contributed by atoms with Crippen LogP contribution in [0.15, 0.2) is 35.2 Å². The van der Waals surface area contributed by atoms with Crippen molar-refractivity contribution in [2.24, 2.45) is 0 Å². The quantitative estimate of drug-likeness (QED) is 0.843. The van der Waals surface area contributed by atoms with Crippen molar-refractivity contribution in [3.05, 3.63) is 47.4 Å². The number of rotatable bonds is 5. The predicted octanol–water partition coefficient (Wildman–Crippen LogP) is 4.00. The Morgan fingerprint density at radius 3 is 2.60 bits per heavy atom. The molecule has 1 aromatic heterocycles. The molecule has 2 aromatic rings. The van der Waals surface area contributed by atoms with Crippen molar-refractivity contribution in [3.63, 3.8) is 0 Å². The zero-order chi connectivity index (χ0) is 13.9. The zero-order valence-corrected chi connectivity index (χ0v) is 12.7. The zero-order valence-electron chi connectivity index (χ0n) is 11.9. The van der Waals surface area contributed by atoms with Crippen molar-refractivity contribution in [1.29, 1.82) is 0 Å². The molecule has 1 aliphatic carbocycles. The third-order valence-corrected chi connectivity index (χ3v) is 4.44. The lowest BCUT2D eigenvalue weighted by molar-refractivity contribution is 0.933. The standard InChI is InChI=1S/C16H19N3S/c1-11-3-7-13(8-4-11)20-10-16-18-14(12-5-6-12)9-15(17-2)19-16/h3-4,7-9,12H,5-6,10H2,1-2H3,(H,17,18,19). The molecule has 4 heteroatoms. The fourth-order valence-corrected chi connectivity index (χ4v) is 2.83. The van der Waals surface area contributed by atoms with Crippen molar-refractivity contribution in [3.8, 4) is 0 Å². The van der Waals surface area contributed by atoms with Crippen LogP contribution in [0.5, 0.6) is 0 Å². The Morgan fingerprint density at radius 2 is 1.95 bits per heavy atom. The number of nitrogens with one attached hydrogen (secondary N) is 1. The minimum atomic E-state index is 0.660. The van der Waals surface area contributed by atoms with Gasteiger partial charge in [0.05, 0.1) is 5.75 Å². The molecule has 0 unspecified atom stereocenters. The van der Waals surface area contributed by atoms with Crippen LogP contribution in [-0.4, -0.2) is 17.0 Å². The molecule has 104 valence electrons. The summed E-state index contributed by atoms with van der Waals surface area (Å²) in [4.78, 5) is 10.5. The van der Waals surface area contributed by atoms with Crippen LogP contribution in [0.3, 0.4) is 0 Å². The molecule has 1 aliphatic rings. The Kier molecular flexibility index (Phi) is 3.92. The monoisotopic (exact) mass is 285 g/mol. The minimum Gasteiger partial charge on any atom is -0.373 e. The highest BCUT2D eigenvalue weighted by molar-refractivity contribution is 7.98. The summed E-state index contributed by atoms with van der Waals surface area (Å²) in [6, 6.07) is 10.7. The SMILES string of the molecule is CNc1cc(C2CC2)nc(CSc2ccc(C)cc2)n1. The van der Waals surface area contributed by atoms with Crippen molar-refractivity contribution in [1.82, 2.24) is 9.97 Å². The normalized spacial score (nSPS) is 14.3. The second-order valence-corrected chi connectivity index (χ2v) is 6.27. The molecule has 0 aliphatic heterocycles. The molecule has 0 saturated heterocycles. The van der Waals surface area contributed by atoms with Gasteiger partial charge in [-0.25, -0.2) is 9.97 Å². The van der Waals surface area contributed by atoms with Crippen LogP contribution >= 0.6 is 11.8 Å². The molecule has 1 saturated carbocycles. The van der Waals surface area contributed by atoms with E-state index in [2.05, 4.69) is 47.6 Å². The van der Waals surface area contributed by atoms with Gasteiger partial charge in [-0.3, -0.25) is 0 Å². The summed E-state index contributed by atoms with van der Waals surface area (Å²) < 4.78 is 0. The van der Waals surface area contributed by atoms with Gasteiger partial charge in [0.1, 0.15) is 11.6 Å². The van der Waals surface area contributed by atoms with Gasteiger partial charge in [-0.15, -0.1) is 11.8 Å². The summed E-state index contributed by atoms with van der Waals surface area (Å²) in [7, 11) is 1.91. The highest BCUT2D eigenvalue weighted by Crippen LogP contribution is 2.39. The van der Waals surface area contributed by atoms with Gasteiger partial charge in [-0.2, -0.15) is 0 Å². The summed E-state index contributed by atoms with van der Waals surface area (Å²) in [5.41, 5.74) is 2.49. The summed E-state index contributed by atoms with van der Waals surface area (Å²) in [5, 5.41) is 3.14. The van der Waals surface area contributed by atoms with Crippen LogP contribution in [0.2, 0.25) is 0 Å². The smallest absolute Gasteiger partial charge is 0.141 e. The Balaban J connectivity index is 1.72. The first kappa shape index (κ1) is 13.4. The van der Waals surface area contributed by atoms with E-state index in [1.165, 1.54) is 29.0 Å². The number of nitrogens with zero attached hydrogens (tertiary/aromatic N) is 2. The number of hydrogen-bond acceptors (Lipinski definition) is 4. The molecule has 0 amide bonds. The molecule has 1 aromatic carbocycles. The van der Waals surface area contributed by atoms with Gasteiger partial charge < -0.3 is 5.32 Å². The van der Waals surface area contributed by atoms with E-state index in [-0.39, 0.29) is 0 Å². The molecule has 1 N–H and O–H groups in total. The van der Waals surface area contributed by atoms with Crippen molar-refractivity contribution >= 4 is 17.6 Å². The van der Waals surface area contributed by atoms with E-state index >= 15 is 0 Å². The fourth-order valence-electron chi connectivity index (χ4n) is 2.08. The maximum atomic E-state index is 4.70. The van der Waals surface area contributed by atoms with Gasteiger partial charge in [0.25, 0.3) is 0 Å². The van der Waals surface area contributed by atoms with Crippen LogP contribution < -0.4 is 5.32 Å². The Bertz CT molecular complexity index is 591. The lowest BCUT2D eigenvalue weighted by Crippen LogP contribution is -2.02. The summed E-state index contributed by atoms with van der Waals surface area (Å²) in [6.45, 7) is 2.11. The van der Waals surface area contributed by atoms with E-state index in [0.717, 1.165) is 17.4 Å². The minimum absolute atomic E-state index is 0.660. The van der Waals surface area contributed by atoms with Crippen molar-refractivity contribution < 1.29 is 0 Å². The van der Waals surface area contributed by atoms with Gasteiger partial charge in [-0.1, -0.05) is 17.7 Å². The van der Waals surface area contributed by atoms with Crippen LogP contribution in [0, 0.1) is 6.92 Å². The lowest BCUT2D eigenvalue weighted by atomic mass is 10.2. The van der Waals surface area contributed by atoms with Crippen LogP contribution in [0.1, 0.15) is 35.8 Å². The number of hydrogen-bond donors (Lipinski definition) is 1. The highest BCUT2D eigenvalue weighted by Gasteiger charge is 2.26. The molecule has 1 heterocycles. The first-order valence-electron chi connectivity index (χ1n) is 6.99. The lowest BCUT2D eigenvalue weighted by Gasteiger charge is -2.07. The van der Waals surface area contributed by atoms with E-state index in [1.807, 2.05) is 7.05 Å². The average molecular weight is 285 g/mol. The van der Waals surface area contributed by atoms with Crippen molar-refractivity contribution in [2.45, 2.75) is 36.3 Å². The Hall–Kier alpha value is -1.55. The largest absolute Gasteiger partial charge is 0.373 e. The Morgan fingerprint density at radius 1 is 1.20 bits per heavy atom. The number of aromatic nitrogens is 2. The molecule has 0 spiro atoms. The second kappa shape index (κ2) is 5.83. The third-order valence-electron chi connectivity index (χ3n) is 3.43. The maximum absolute atomic E-state index is 4.70. The molecular formula is C16H19N3S. The third kappa shape index (κ3) is 3.31. The maximum Gasteiger partial charge on any atom is 0.141 e. The predicted molar refractivity (Wildman–Crippen MR) is 84.3 cm³/mol. The molecule has 0 radical (unpaired) electrons. The second-order valence-electron chi connectivity index (χ2n) is 5.22. The Labute approximate surface area is 124 Å². The van der Waals surface area contributed by atoms with E-state index in [0.29, 0.717) is 5.92 Å².